The Labute approximate surface area is 153 Å². The van der Waals surface area contributed by atoms with Gasteiger partial charge in [-0.15, -0.1) is 0 Å². The molecule has 1 saturated heterocycles. The zero-order valence-corrected chi connectivity index (χ0v) is 15.0. The Hall–Kier alpha value is -2.44. The van der Waals surface area contributed by atoms with Gasteiger partial charge in [0.25, 0.3) is 0 Å². The van der Waals surface area contributed by atoms with Gasteiger partial charge in [0.2, 0.25) is 0 Å². The van der Waals surface area contributed by atoms with Crippen molar-refractivity contribution in [2.45, 2.75) is 6.04 Å². The van der Waals surface area contributed by atoms with Crippen molar-refractivity contribution in [1.82, 2.24) is 15.1 Å². The Morgan fingerprint density at radius 1 is 1.12 bits per heavy atom. The number of nitrogens with zero attached hydrogens (tertiary/aromatic N) is 2. The van der Waals surface area contributed by atoms with Crippen LogP contribution in [0.15, 0.2) is 54.6 Å². The molecular formula is C20H25FN4O. The second kappa shape index (κ2) is 8.78. The molecule has 0 bridgehead atoms. The zero-order chi connectivity index (χ0) is 18.4. The highest BCUT2D eigenvalue weighted by Crippen LogP contribution is 2.24. The van der Waals surface area contributed by atoms with E-state index >= 15 is 0 Å². The second-order valence-corrected chi connectivity index (χ2v) is 6.61. The van der Waals surface area contributed by atoms with Crippen LogP contribution in [0.5, 0.6) is 0 Å². The van der Waals surface area contributed by atoms with E-state index in [0.29, 0.717) is 18.3 Å². The topological polar surface area (TPSA) is 47.6 Å². The van der Waals surface area contributed by atoms with Crippen molar-refractivity contribution >= 4 is 11.7 Å². The van der Waals surface area contributed by atoms with Crippen LogP contribution in [0.25, 0.3) is 0 Å². The number of carbonyl (C=O) groups excluding carboxylic acids is 1. The predicted octanol–water partition coefficient (Wildman–Crippen LogP) is 2.94. The molecule has 0 spiro atoms. The smallest absolute Gasteiger partial charge is 0.319 e. The Bertz CT molecular complexity index is 708. The monoisotopic (exact) mass is 356 g/mol. The molecule has 6 heteroatoms. The molecule has 2 aromatic rings. The quantitative estimate of drug-likeness (QED) is 0.866. The third kappa shape index (κ3) is 5.03. The largest absolute Gasteiger partial charge is 0.337 e. The van der Waals surface area contributed by atoms with Crippen LogP contribution in [0.2, 0.25) is 0 Å². The van der Waals surface area contributed by atoms with Crippen molar-refractivity contribution in [3.63, 3.8) is 0 Å². The van der Waals surface area contributed by atoms with Gasteiger partial charge >= 0.3 is 6.03 Å². The molecule has 26 heavy (non-hydrogen) atoms. The summed E-state index contributed by atoms with van der Waals surface area (Å²) >= 11 is 0. The molecule has 1 atom stereocenters. The maximum absolute atomic E-state index is 12.9. The average molecular weight is 356 g/mol. The van der Waals surface area contributed by atoms with Crippen molar-refractivity contribution in [2.75, 3.05) is 45.1 Å². The van der Waals surface area contributed by atoms with Gasteiger partial charge in [0.15, 0.2) is 0 Å². The van der Waals surface area contributed by atoms with Crippen molar-refractivity contribution in [1.29, 1.82) is 0 Å². The Morgan fingerprint density at radius 3 is 2.58 bits per heavy atom. The van der Waals surface area contributed by atoms with Crippen LogP contribution in [0.3, 0.4) is 0 Å². The fraction of sp³-hybridized carbons (Fsp3) is 0.350. The normalized spacial score (nSPS) is 18.5. The summed E-state index contributed by atoms with van der Waals surface area (Å²) in [4.78, 5) is 16.7. The Morgan fingerprint density at radius 2 is 1.85 bits per heavy atom. The molecule has 1 aliphatic rings. The molecule has 1 heterocycles. The van der Waals surface area contributed by atoms with E-state index in [9.17, 15) is 9.18 Å². The zero-order valence-electron chi connectivity index (χ0n) is 15.0. The minimum Gasteiger partial charge on any atom is -0.337 e. The summed E-state index contributed by atoms with van der Waals surface area (Å²) in [6.07, 6.45) is 0. The number of likely N-dealkylation sites (N-methyl/N-ethyl adjacent to an activating group) is 1. The molecule has 0 aliphatic carbocycles. The Balaban J connectivity index is 1.50. The number of hydrogen-bond acceptors (Lipinski definition) is 3. The number of rotatable bonds is 5. The third-order valence-electron chi connectivity index (χ3n) is 4.67. The van der Waals surface area contributed by atoms with Gasteiger partial charge < -0.3 is 15.5 Å². The van der Waals surface area contributed by atoms with Gasteiger partial charge in [0, 0.05) is 44.5 Å². The molecule has 0 aromatic heterocycles. The van der Waals surface area contributed by atoms with Gasteiger partial charge in [-0.3, -0.25) is 4.90 Å². The number of amides is 2. The van der Waals surface area contributed by atoms with Crippen LogP contribution in [0.4, 0.5) is 14.9 Å². The van der Waals surface area contributed by atoms with Crippen LogP contribution >= 0.6 is 0 Å². The van der Waals surface area contributed by atoms with Gasteiger partial charge in [0.1, 0.15) is 5.82 Å². The number of anilines is 1. The van der Waals surface area contributed by atoms with Gasteiger partial charge in [-0.1, -0.05) is 30.3 Å². The number of hydrogen-bond donors (Lipinski definition) is 2. The number of carbonyl (C=O) groups is 1. The van der Waals surface area contributed by atoms with Crippen LogP contribution < -0.4 is 10.6 Å². The van der Waals surface area contributed by atoms with Gasteiger partial charge in [-0.05, 0) is 36.9 Å². The molecule has 3 rings (SSSR count). The first-order valence-corrected chi connectivity index (χ1v) is 8.90. The summed E-state index contributed by atoms with van der Waals surface area (Å²) in [5, 5.41) is 5.59. The van der Waals surface area contributed by atoms with E-state index < -0.39 is 0 Å². The summed E-state index contributed by atoms with van der Waals surface area (Å²) in [7, 11) is 2.14. The molecule has 2 amide bonds. The molecule has 0 saturated carbocycles. The number of benzene rings is 2. The standard InChI is InChI=1S/C20H25FN4O/c1-24-13-14-25(19(15-24)16-5-3-2-4-6-16)12-11-22-20(26)23-18-9-7-17(21)8-10-18/h2-10,19H,11-15H2,1H3,(H2,22,23,26)/t19-/m1/s1. The second-order valence-electron chi connectivity index (χ2n) is 6.61. The van der Waals surface area contributed by atoms with Crippen molar-refractivity contribution in [2.24, 2.45) is 0 Å². The fourth-order valence-corrected chi connectivity index (χ4v) is 3.24. The molecule has 0 radical (unpaired) electrons. The van der Waals surface area contributed by atoms with Gasteiger partial charge in [-0.2, -0.15) is 0 Å². The first kappa shape index (κ1) is 18.4. The lowest BCUT2D eigenvalue weighted by molar-refractivity contribution is 0.0913. The number of nitrogens with one attached hydrogen (secondary N) is 2. The summed E-state index contributed by atoms with van der Waals surface area (Å²) < 4.78 is 12.9. The minimum atomic E-state index is -0.321. The fourth-order valence-electron chi connectivity index (χ4n) is 3.24. The highest BCUT2D eigenvalue weighted by molar-refractivity contribution is 5.89. The molecule has 2 aromatic carbocycles. The Kier molecular flexibility index (Phi) is 6.20. The van der Waals surface area contributed by atoms with Gasteiger partial charge in [0.05, 0.1) is 0 Å². The number of piperazine rings is 1. The van der Waals surface area contributed by atoms with Crippen LogP contribution in [0, 0.1) is 5.82 Å². The van der Waals surface area contributed by atoms with E-state index in [-0.39, 0.29) is 11.8 Å². The first-order valence-electron chi connectivity index (χ1n) is 8.90. The summed E-state index contributed by atoms with van der Waals surface area (Å²) in [6, 6.07) is 16.3. The maximum atomic E-state index is 12.9. The van der Waals surface area contributed by atoms with E-state index in [1.165, 1.54) is 17.7 Å². The third-order valence-corrected chi connectivity index (χ3v) is 4.67. The van der Waals surface area contributed by atoms with Gasteiger partial charge in [-0.25, -0.2) is 9.18 Å². The van der Waals surface area contributed by atoms with Crippen LogP contribution in [-0.2, 0) is 0 Å². The molecule has 5 nitrogen and oxygen atoms in total. The van der Waals surface area contributed by atoms with E-state index in [1.807, 2.05) is 6.07 Å². The van der Waals surface area contributed by atoms with E-state index in [0.717, 1.165) is 26.2 Å². The summed E-state index contributed by atoms with van der Waals surface area (Å²) in [5.41, 5.74) is 1.88. The average Bonchev–Trinajstić information content (AvgIpc) is 2.65. The first-order chi connectivity index (χ1) is 12.6. The highest BCUT2D eigenvalue weighted by Gasteiger charge is 2.26. The molecule has 1 aliphatic heterocycles. The van der Waals surface area contributed by atoms with E-state index in [4.69, 9.17) is 0 Å². The minimum absolute atomic E-state index is 0.276. The maximum Gasteiger partial charge on any atom is 0.319 e. The molecule has 1 fully saturated rings. The summed E-state index contributed by atoms with van der Waals surface area (Å²) in [6.45, 7) is 4.30. The van der Waals surface area contributed by atoms with Crippen molar-refractivity contribution < 1.29 is 9.18 Å². The van der Waals surface area contributed by atoms with E-state index in [2.05, 4.69) is 51.7 Å². The number of halogens is 1. The molecular weight excluding hydrogens is 331 g/mol. The molecule has 0 unspecified atom stereocenters. The van der Waals surface area contributed by atoms with Crippen LogP contribution in [-0.4, -0.2) is 55.6 Å². The lowest BCUT2D eigenvalue weighted by Gasteiger charge is -2.40. The van der Waals surface area contributed by atoms with Crippen molar-refractivity contribution in [3.8, 4) is 0 Å². The van der Waals surface area contributed by atoms with Crippen molar-refractivity contribution in [3.05, 3.63) is 66.0 Å². The predicted molar refractivity (Wildman–Crippen MR) is 102 cm³/mol. The van der Waals surface area contributed by atoms with Crippen LogP contribution in [0.1, 0.15) is 11.6 Å². The SMILES string of the molecule is CN1CCN(CCNC(=O)Nc2ccc(F)cc2)[C@@H](c2ccccc2)C1. The lowest BCUT2D eigenvalue weighted by Crippen LogP contribution is -2.49. The summed E-state index contributed by atoms with van der Waals surface area (Å²) in [5.74, 6) is -0.321. The number of urea groups is 1. The van der Waals surface area contributed by atoms with E-state index in [1.54, 1.807) is 12.1 Å². The molecule has 138 valence electrons. The highest BCUT2D eigenvalue weighted by atomic mass is 19.1. The molecule has 2 N–H and O–H groups in total. The lowest BCUT2D eigenvalue weighted by atomic mass is 10.0.